The molecule has 1 aromatic heterocycles. The van der Waals surface area contributed by atoms with Crippen LogP contribution in [0.15, 0.2) is 24.3 Å². The molecule has 1 N–H and O–H groups in total. The number of nitrogens with zero attached hydrogens (tertiary/aromatic N) is 3. The molecule has 2 aliphatic rings. The number of halogens is 3. The molecule has 2 aliphatic heterocycles. The number of likely N-dealkylation sites (tertiary alicyclic amines) is 1. The molecule has 32 heavy (non-hydrogen) atoms. The molecule has 0 radical (unpaired) electrons. The van der Waals surface area contributed by atoms with Crippen LogP contribution < -0.4 is 0 Å². The number of carbonyl (C=O) groups excluding carboxylic acids is 1. The first-order valence-electron chi connectivity index (χ1n) is 10.6. The van der Waals surface area contributed by atoms with Gasteiger partial charge in [0.05, 0.1) is 11.3 Å². The van der Waals surface area contributed by atoms with E-state index in [4.69, 9.17) is 0 Å². The van der Waals surface area contributed by atoms with Crippen molar-refractivity contribution in [1.82, 2.24) is 19.4 Å². The van der Waals surface area contributed by atoms with Crippen molar-refractivity contribution in [3.8, 4) is 0 Å². The minimum Gasteiger partial charge on any atom is -0.337 e. The molecule has 174 valence electrons. The maximum atomic E-state index is 13.4. The molecule has 0 aliphatic carbocycles. The Morgan fingerprint density at radius 1 is 1.19 bits per heavy atom. The number of H-pyrrole nitrogens is 1. The van der Waals surface area contributed by atoms with Gasteiger partial charge in [-0.05, 0) is 37.3 Å². The van der Waals surface area contributed by atoms with E-state index in [9.17, 15) is 26.4 Å². The highest BCUT2D eigenvalue weighted by atomic mass is 32.2. The normalized spacial score (nSPS) is 18.6. The largest absolute Gasteiger partial charge is 0.416 e. The number of rotatable bonds is 4. The highest BCUT2D eigenvalue weighted by molar-refractivity contribution is 7.89. The van der Waals surface area contributed by atoms with Crippen LogP contribution in [0.5, 0.6) is 0 Å². The van der Waals surface area contributed by atoms with Gasteiger partial charge in [0.25, 0.3) is 5.91 Å². The third-order valence-corrected chi connectivity index (χ3v) is 8.18. The summed E-state index contributed by atoms with van der Waals surface area (Å²) in [4.78, 5) is 14.7. The lowest BCUT2D eigenvalue weighted by molar-refractivity contribution is -0.138. The number of aromatic nitrogens is 2. The van der Waals surface area contributed by atoms with E-state index >= 15 is 0 Å². The first-order valence-corrected chi connectivity index (χ1v) is 12.2. The van der Waals surface area contributed by atoms with Crippen LogP contribution in [0.3, 0.4) is 0 Å². The van der Waals surface area contributed by atoms with Gasteiger partial charge in [-0.3, -0.25) is 9.89 Å². The summed E-state index contributed by atoms with van der Waals surface area (Å²) in [5.74, 6) is -0.618. The number of alkyl halides is 3. The molecule has 0 saturated carbocycles. The van der Waals surface area contributed by atoms with Crippen molar-refractivity contribution >= 4 is 15.9 Å². The third kappa shape index (κ3) is 4.27. The number of nitrogens with one attached hydrogen (secondary N) is 1. The quantitative estimate of drug-likeness (QED) is 0.744. The minimum absolute atomic E-state index is 0.0175. The summed E-state index contributed by atoms with van der Waals surface area (Å²) in [5, 5.41) is 7.00. The van der Waals surface area contributed by atoms with Crippen LogP contribution in [0.4, 0.5) is 13.2 Å². The molecule has 7 nitrogen and oxygen atoms in total. The molecular formula is C21H25F3N4O3S. The molecule has 1 amide bonds. The zero-order chi connectivity index (χ0) is 23.1. The van der Waals surface area contributed by atoms with Crippen molar-refractivity contribution < 1.29 is 26.4 Å². The lowest BCUT2D eigenvalue weighted by atomic mass is 9.86. The minimum atomic E-state index is -4.41. The van der Waals surface area contributed by atoms with Gasteiger partial charge in [0.2, 0.25) is 10.0 Å². The lowest BCUT2D eigenvalue weighted by Gasteiger charge is -2.33. The van der Waals surface area contributed by atoms with Crippen molar-refractivity contribution in [3.05, 3.63) is 52.3 Å². The number of hydrogen-bond donors (Lipinski definition) is 1. The van der Waals surface area contributed by atoms with Gasteiger partial charge in [-0.1, -0.05) is 18.2 Å². The highest BCUT2D eigenvalue weighted by Gasteiger charge is 2.37. The number of benzene rings is 1. The summed E-state index contributed by atoms with van der Waals surface area (Å²) in [6.45, 7) is 2.64. The summed E-state index contributed by atoms with van der Waals surface area (Å²) < 4.78 is 66.0. The van der Waals surface area contributed by atoms with Crippen LogP contribution in [0, 0.1) is 0 Å². The molecule has 1 aromatic carbocycles. The maximum Gasteiger partial charge on any atom is 0.416 e. The van der Waals surface area contributed by atoms with E-state index in [1.165, 1.54) is 16.4 Å². The van der Waals surface area contributed by atoms with Crippen molar-refractivity contribution in [2.45, 2.75) is 44.8 Å². The Hall–Kier alpha value is -2.40. The Morgan fingerprint density at radius 3 is 2.53 bits per heavy atom. The summed E-state index contributed by atoms with van der Waals surface area (Å²) in [6, 6.07) is 5.60. The lowest BCUT2D eigenvalue weighted by Crippen LogP contribution is -2.40. The van der Waals surface area contributed by atoms with Gasteiger partial charge in [0.15, 0.2) is 5.69 Å². The molecule has 1 fully saturated rings. The average Bonchev–Trinajstić information content (AvgIpc) is 3.21. The van der Waals surface area contributed by atoms with E-state index in [-0.39, 0.29) is 35.4 Å². The molecule has 2 aromatic rings. The number of aromatic amines is 1. The summed E-state index contributed by atoms with van der Waals surface area (Å²) in [6.07, 6.45) is -3.13. The zero-order valence-electron chi connectivity index (χ0n) is 17.7. The summed E-state index contributed by atoms with van der Waals surface area (Å²) in [5.41, 5.74) is 1.19. The van der Waals surface area contributed by atoms with Crippen molar-refractivity contribution in [3.63, 3.8) is 0 Å². The monoisotopic (exact) mass is 470 g/mol. The van der Waals surface area contributed by atoms with Gasteiger partial charge in [0, 0.05) is 43.9 Å². The molecule has 0 bridgehead atoms. The van der Waals surface area contributed by atoms with Gasteiger partial charge in [-0.2, -0.15) is 22.6 Å². The molecule has 0 atom stereocenters. The topological polar surface area (TPSA) is 86.4 Å². The number of amides is 1. The Labute approximate surface area is 184 Å². The van der Waals surface area contributed by atoms with Gasteiger partial charge in [-0.15, -0.1) is 0 Å². The van der Waals surface area contributed by atoms with Gasteiger partial charge < -0.3 is 4.90 Å². The number of hydrogen-bond acceptors (Lipinski definition) is 4. The highest BCUT2D eigenvalue weighted by Crippen LogP contribution is 2.39. The summed E-state index contributed by atoms with van der Waals surface area (Å²) >= 11 is 0. The van der Waals surface area contributed by atoms with Gasteiger partial charge in [0.1, 0.15) is 0 Å². The van der Waals surface area contributed by atoms with E-state index in [1.807, 2.05) is 0 Å². The molecule has 0 spiro atoms. The molecule has 0 unspecified atom stereocenters. The van der Waals surface area contributed by atoms with Crippen LogP contribution in [0.1, 0.15) is 58.6 Å². The van der Waals surface area contributed by atoms with E-state index in [0.29, 0.717) is 44.5 Å². The van der Waals surface area contributed by atoms with Gasteiger partial charge in [-0.25, -0.2) is 8.42 Å². The Balaban J connectivity index is 1.48. The summed E-state index contributed by atoms with van der Waals surface area (Å²) in [7, 11) is -3.39. The van der Waals surface area contributed by atoms with Crippen LogP contribution in [0.25, 0.3) is 0 Å². The van der Waals surface area contributed by atoms with Crippen molar-refractivity contribution in [2.24, 2.45) is 0 Å². The number of carbonyl (C=O) groups is 1. The second-order valence-corrected chi connectivity index (χ2v) is 10.4. The third-order valence-electron chi connectivity index (χ3n) is 6.35. The van der Waals surface area contributed by atoms with E-state index in [1.54, 1.807) is 17.9 Å². The SMILES string of the molecule is CCS(=O)(=O)N1CCc2[nH]nc(C(=O)N3CCC(c4ccccc4C(F)(F)F)CC3)c2C1. The Bertz CT molecular complexity index is 1110. The molecule has 1 saturated heterocycles. The Morgan fingerprint density at radius 2 is 1.88 bits per heavy atom. The number of sulfonamides is 1. The molecule has 4 rings (SSSR count). The van der Waals surface area contributed by atoms with Crippen molar-refractivity contribution in [1.29, 1.82) is 0 Å². The average molecular weight is 471 g/mol. The molecule has 3 heterocycles. The predicted octanol–water partition coefficient (Wildman–Crippen LogP) is 3.16. The maximum absolute atomic E-state index is 13.4. The van der Waals surface area contributed by atoms with E-state index in [0.717, 1.165) is 11.8 Å². The first-order chi connectivity index (χ1) is 15.1. The van der Waals surface area contributed by atoms with Crippen LogP contribution in [0.2, 0.25) is 0 Å². The van der Waals surface area contributed by atoms with Crippen molar-refractivity contribution in [2.75, 3.05) is 25.4 Å². The molecular weight excluding hydrogens is 445 g/mol. The number of fused-ring (bicyclic) bond motifs is 1. The fourth-order valence-electron chi connectivity index (χ4n) is 4.52. The fourth-order valence-corrected chi connectivity index (χ4v) is 5.58. The molecule has 11 heteroatoms. The zero-order valence-corrected chi connectivity index (χ0v) is 18.5. The van der Waals surface area contributed by atoms with Gasteiger partial charge >= 0.3 is 6.18 Å². The number of piperidine rings is 1. The second-order valence-electron chi connectivity index (χ2n) is 8.16. The fraction of sp³-hybridized carbons (Fsp3) is 0.524. The second kappa shape index (κ2) is 8.51. The Kier molecular flexibility index (Phi) is 6.06. The van der Waals surface area contributed by atoms with E-state index in [2.05, 4.69) is 10.2 Å². The first kappa shape index (κ1) is 22.8. The smallest absolute Gasteiger partial charge is 0.337 e. The standard InChI is InChI=1S/C21H25F3N4O3S/c1-2-32(30,31)28-12-9-18-16(13-28)19(26-25-18)20(29)27-10-7-14(8-11-27)15-5-3-4-6-17(15)21(22,23)24/h3-6,14H,2,7-13H2,1H3,(H,25,26). The van der Waals surface area contributed by atoms with Crippen LogP contribution >= 0.6 is 0 Å². The van der Waals surface area contributed by atoms with Crippen LogP contribution in [-0.4, -0.2) is 59.1 Å². The predicted molar refractivity (Wildman–Crippen MR) is 111 cm³/mol. The van der Waals surface area contributed by atoms with Crippen LogP contribution in [-0.2, 0) is 29.2 Å². The van der Waals surface area contributed by atoms with E-state index < -0.39 is 21.8 Å².